The average molecular weight is 1050 g/mol. The van der Waals surface area contributed by atoms with Gasteiger partial charge in [-0.05, 0) is 117 Å². The largest absolute Gasteiger partial charge is 0.382 e. The van der Waals surface area contributed by atoms with Gasteiger partial charge in [-0.15, -0.1) is 0 Å². The molecule has 0 saturated heterocycles. The van der Waals surface area contributed by atoms with Crippen molar-refractivity contribution in [3.05, 3.63) is 88.6 Å². The van der Waals surface area contributed by atoms with Crippen LogP contribution in [0.5, 0.6) is 0 Å². The van der Waals surface area contributed by atoms with Crippen molar-refractivity contribution in [1.29, 1.82) is 0 Å². The fourth-order valence-corrected chi connectivity index (χ4v) is 10.3. The van der Waals surface area contributed by atoms with Crippen LogP contribution in [-0.2, 0) is 48.8 Å². The van der Waals surface area contributed by atoms with Crippen molar-refractivity contribution in [1.82, 2.24) is 43.8 Å². The third-order valence-electron chi connectivity index (χ3n) is 10.7. The van der Waals surface area contributed by atoms with Crippen LogP contribution in [0.15, 0.2) is 24.3 Å². The number of carbonyl (C=O) groups is 2. The van der Waals surface area contributed by atoms with Crippen LogP contribution in [0.2, 0.25) is 0 Å². The van der Waals surface area contributed by atoms with E-state index in [1.54, 1.807) is 4.57 Å². The van der Waals surface area contributed by atoms with Crippen molar-refractivity contribution in [3.63, 3.8) is 0 Å². The number of aryl methyl sites for hydroxylation is 4. The number of nitrogen functional groups attached to an aromatic ring is 1. The molecule has 4 N–H and O–H groups in total. The summed E-state index contributed by atoms with van der Waals surface area (Å²) in [5.41, 5.74) is 12.3. The van der Waals surface area contributed by atoms with E-state index in [9.17, 15) is 26.8 Å². The maximum Gasteiger partial charge on any atom is 0.312 e. The van der Waals surface area contributed by atoms with Gasteiger partial charge in [0.1, 0.15) is 11.6 Å². The van der Waals surface area contributed by atoms with Gasteiger partial charge in [0, 0.05) is 70.1 Å². The van der Waals surface area contributed by atoms with Crippen LogP contribution < -0.4 is 15.8 Å². The van der Waals surface area contributed by atoms with Crippen LogP contribution in [0, 0.1) is 19.3 Å². The Morgan fingerprint density at radius 1 is 0.729 bits per heavy atom. The van der Waals surface area contributed by atoms with Gasteiger partial charge in [-0.2, -0.15) is 28.7 Å². The van der Waals surface area contributed by atoms with E-state index in [0.29, 0.717) is 60.6 Å². The van der Waals surface area contributed by atoms with E-state index in [1.165, 1.54) is 0 Å². The molecule has 0 saturated carbocycles. The molecule has 308 valence electrons. The van der Waals surface area contributed by atoms with Crippen molar-refractivity contribution in [2.75, 3.05) is 29.9 Å². The number of carbonyl (C=O) groups excluding carboxylic acids is 2. The Bertz CT molecular complexity index is 2800. The third kappa shape index (κ3) is 8.67. The number of rotatable bonds is 16. The van der Waals surface area contributed by atoms with Gasteiger partial charge >= 0.3 is 12.2 Å². The van der Waals surface area contributed by atoms with Gasteiger partial charge < -0.3 is 20.2 Å². The molecule has 2 aromatic carbocycles. The lowest BCUT2D eigenvalue weighted by Crippen LogP contribution is -2.31. The van der Waals surface area contributed by atoms with Crippen molar-refractivity contribution in [3.8, 4) is 0 Å². The molecule has 0 fully saturated rings. The molecule has 2 aliphatic rings. The zero-order chi connectivity index (χ0) is 41.6. The van der Waals surface area contributed by atoms with Crippen LogP contribution in [0.3, 0.4) is 0 Å². The third-order valence-corrected chi connectivity index (χ3v) is 14.2. The van der Waals surface area contributed by atoms with Gasteiger partial charge in [-0.1, -0.05) is 13.3 Å². The lowest BCUT2D eigenvalue weighted by atomic mass is 10.0. The summed E-state index contributed by atoms with van der Waals surface area (Å²) >= 11 is 4.49. The summed E-state index contributed by atoms with van der Waals surface area (Å²) in [6.07, 6.45) is 2.93. The number of anilines is 2. The minimum Gasteiger partial charge on any atom is -0.382 e. The van der Waals surface area contributed by atoms with E-state index in [1.807, 2.05) is 28.8 Å². The molecule has 59 heavy (non-hydrogen) atoms. The fraction of sp³-hybridized carbons (Fsp3) is 0.385. The second-order valence-electron chi connectivity index (χ2n) is 14.7. The molecule has 0 bridgehead atoms. The molecular weight excluding hydrogens is 1010 g/mol. The normalized spacial score (nSPS) is 13.9. The number of nitrogens with one attached hydrogen (secondary N) is 2. The van der Waals surface area contributed by atoms with Crippen molar-refractivity contribution in [2.45, 2.75) is 77.8 Å². The number of unbranched alkanes of at least 4 members (excludes halogenated alkanes) is 1. The number of fused-ring (bicyclic) bond motifs is 4. The summed E-state index contributed by atoms with van der Waals surface area (Å²) < 4.78 is 63.7. The number of hydrogen-bond donors (Lipinski definition) is 3. The predicted octanol–water partition coefficient (Wildman–Crippen LogP) is 5.70. The highest BCUT2D eigenvalue weighted by molar-refractivity contribution is 14.1. The molecule has 20 heteroatoms. The topological polar surface area (TPSA) is 206 Å². The SMILES string of the molecule is CCCCn1c(Cc2cc3c(cc2I)CCC3=O)nc2c(NCCNS(=O)(=O)CCCn3c(Cc4cc5c(cc4I)CCC5=O)nc4c(N)nc(F)nc43)nc(F)nc21. The van der Waals surface area contributed by atoms with Gasteiger partial charge in [-0.25, -0.2) is 23.1 Å². The van der Waals surface area contributed by atoms with Gasteiger partial charge in [0.2, 0.25) is 10.0 Å². The Morgan fingerprint density at radius 3 is 1.86 bits per heavy atom. The van der Waals surface area contributed by atoms with Gasteiger partial charge in [0.25, 0.3) is 0 Å². The average Bonchev–Trinajstić information content (AvgIpc) is 3.93. The lowest BCUT2D eigenvalue weighted by Gasteiger charge is -2.12. The van der Waals surface area contributed by atoms with E-state index in [-0.39, 0.29) is 72.6 Å². The number of halogens is 4. The minimum atomic E-state index is -3.81. The smallest absolute Gasteiger partial charge is 0.312 e. The molecule has 0 unspecified atom stereocenters. The Balaban J connectivity index is 0.945. The van der Waals surface area contributed by atoms with Crippen LogP contribution in [-0.4, -0.2) is 77.9 Å². The van der Waals surface area contributed by atoms with Crippen LogP contribution in [0.1, 0.15) is 93.6 Å². The quantitative estimate of drug-likeness (QED) is 0.0607. The Kier molecular flexibility index (Phi) is 11.9. The molecule has 8 rings (SSSR count). The first-order valence-electron chi connectivity index (χ1n) is 19.3. The first kappa shape index (κ1) is 41.4. The van der Waals surface area contributed by atoms with Crippen LogP contribution in [0.4, 0.5) is 20.4 Å². The highest BCUT2D eigenvalue weighted by Gasteiger charge is 2.26. The van der Waals surface area contributed by atoms with E-state index < -0.39 is 22.2 Å². The molecular formula is C39H39F2I2N11O4S. The fourth-order valence-electron chi connectivity index (χ4n) is 7.74. The van der Waals surface area contributed by atoms with Gasteiger partial charge in [0.15, 0.2) is 45.5 Å². The first-order chi connectivity index (χ1) is 28.3. The van der Waals surface area contributed by atoms with Crippen molar-refractivity contribution < 1.29 is 26.8 Å². The molecule has 0 radical (unpaired) electrons. The number of sulfonamides is 1. The summed E-state index contributed by atoms with van der Waals surface area (Å²) in [7, 11) is -3.81. The Labute approximate surface area is 365 Å². The number of aromatic nitrogens is 8. The molecule has 2 aliphatic carbocycles. The van der Waals surface area contributed by atoms with E-state index in [4.69, 9.17) is 10.7 Å². The molecule has 15 nitrogen and oxygen atoms in total. The summed E-state index contributed by atoms with van der Waals surface area (Å²) in [5, 5.41) is 3.04. The van der Waals surface area contributed by atoms with E-state index >= 15 is 0 Å². The maximum absolute atomic E-state index is 14.9. The molecule has 0 amide bonds. The molecule has 6 aromatic rings. The Hall–Kier alpha value is -4.29. The molecule has 0 atom stereocenters. The monoisotopic (exact) mass is 1050 g/mol. The van der Waals surface area contributed by atoms with Gasteiger partial charge in [-0.3, -0.25) is 9.59 Å². The number of benzene rings is 2. The first-order valence-corrected chi connectivity index (χ1v) is 23.1. The number of Topliss-reactive ketones (excluding diaryl/α,β-unsaturated/α-hetero) is 2. The van der Waals surface area contributed by atoms with Crippen LogP contribution >= 0.6 is 45.2 Å². The van der Waals surface area contributed by atoms with Gasteiger partial charge in [0.05, 0.1) is 5.75 Å². The molecule has 0 aliphatic heterocycles. The standard InChI is InChI=1S/C39H39F2I2N11O4S/c1-2-3-11-53-31(19-23-15-25-21(17-27(23)43)6-8-29(25)56)48-33-35(50-39(41)52-37(33)53)45-9-10-46-59(57,58)13-4-12-54-30(47-32-34(44)49-38(40)51-36(32)54)18-22-14-24-20(16-26(22)42)5-7-28(24)55/h14-17,46H,2-13,18-19H2,1H3,(H2,44,49,51)(H,45,50,52). The molecule has 4 aromatic heterocycles. The number of imidazole rings is 2. The highest BCUT2D eigenvalue weighted by Crippen LogP contribution is 2.31. The number of ketones is 2. The zero-order valence-electron chi connectivity index (χ0n) is 31.9. The second-order valence-corrected chi connectivity index (χ2v) is 18.9. The lowest BCUT2D eigenvalue weighted by molar-refractivity contribution is 0.0986. The van der Waals surface area contributed by atoms with E-state index in [0.717, 1.165) is 54.2 Å². The predicted molar refractivity (Wildman–Crippen MR) is 234 cm³/mol. The number of hydrogen-bond acceptors (Lipinski definition) is 12. The second kappa shape index (κ2) is 17.0. The summed E-state index contributed by atoms with van der Waals surface area (Å²) in [4.78, 5) is 50.1. The van der Waals surface area contributed by atoms with Crippen molar-refractivity contribution in [2.24, 2.45) is 0 Å². The summed E-state index contributed by atoms with van der Waals surface area (Å²) in [6.45, 7) is 2.77. The number of nitrogens with zero attached hydrogens (tertiary/aromatic N) is 8. The van der Waals surface area contributed by atoms with E-state index in [2.05, 4.69) is 87.1 Å². The highest BCUT2D eigenvalue weighted by atomic mass is 127. The minimum absolute atomic E-state index is 0.0378. The van der Waals surface area contributed by atoms with Crippen LogP contribution in [0.25, 0.3) is 22.3 Å². The Morgan fingerprint density at radius 2 is 1.27 bits per heavy atom. The maximum atomic E-state index is 14.9. The molecule has 0 spiro atoms. The molecule has 4 heterocycles. The van der Waals surface area contributed by atoms with Crippen molar-refractivity contribution >= 4 is 101 Å². The summed E-state index contributed by atoms with van der Waals surface area (Å²) in [6, 6.07) is 7.85. The summed E-state index contributed by atoms with van der Waals surface area (Å²) in [5.74, 6) is 1.07. The zero-order valence-corrected chi connectivity index (χ0v) is 37.0. The number of nitrogens with two attached hydrogens (primary N) is 1.